The van der Waals surface area contributed by atoms with Crippen molar-refractivity contribution in [2.24, 2.45) is 5.92 Å². The highest BCUT2D eigenvalue weighted by Crippen LogP contribution is 2.29. The van der Waals surface area contributed by atoms with Gasteiger partial charge in [0.05, 0.1) is 18.1 Å². The molecular formula is C32H34N2O7. The minimum absolute atomic E-state index is 0.00281. The molecule has 1 aliphatic heterocycles. The van der Waals surface area contributed by atoms with Crippen LogP contribution in [-0.2, 0) is 23.9 Å². The molecule has 1 atom stereocenters. The smallest absolute Gasteiger partial charge is 0.338 e. The predicted octanol–water partition coefficient (Wildman–Crippen LogP) is 5.59. The monoisotopic (exact) mass is 558 g/mol. The third-order valence-electron chi connectivity index (χ3n) is 6.80. The number of nitrogens with zero attached hydrogens (tertiary/aromatic N) is 1. The lowest BCUT2D eigenvalue weighted by molar-refractivity contribution is -0.151. The molecule has 0 saturated carbocycles. The van der Waals surface area contributed by atoms with Crippen LogP contribution >= 0.6 is 0 Å². The Balaban J connectivity index is 1.24. The average molecular weight is 559 g/mol. The summed E-state index contributed by atoms with van der Waals surface area (Å²) in [6.07, 6.45) is 1.72. The molecule has 0 aliphatic carbocycles. The quantitative estimate of drug-likeness (QED) is 0.241. The highest BCUT2D eigenvalue weighted by Gasteiger charge is 2.36. The first-order valence-electron chi connectivity index (χ1n) is 13.6. The van der Waals surface area contributed by atoms with Crippen molar-refractivity contribution < 1.29 is 33.4 Å². The van der Waals surface area contributed by atoms with Crippen LogP contribution in [0.25, 0.3) is 0 Å². The summed E-state index contributed by atoms with van der Waals surface area (Å²) in [5.41, 5.74) is 3.79. The van der Waals surface area contributed by atoms with E-state index in [9.17, 15) is 19.2 Å². The Morgan fingerprint density at radius 2 is 1.61 bits per heavy atom. The summed E-state index contributed by atoms with van der Waals surface area (Å²) in [5, 5.41) is 2.62. The van der Waals surface area contributed by atoms with Crippen LogP contribution in [0.4, 0.5) is 11.4 Å². The molecule has 2 amide bonds. The van der Waals surface area contributed by atoms with Crippen LogP contribution in [0.1, 0.15) is 47.7 Å². The lowest BCUT2D eigenvalue weighted by atomic mass is 10.1. The molecule has 1 fully saturated rings. The Morgan fingerprint density at radius 3 is 2.29 bits per heavy atom. The van der Waals surface area contributed by atoms with Crippen LogP contribution in [0.15, 0.2) is 66.7 Å². The van der Waals surface area contributed by atoms with Crippen molar-refractivity contribution in [1.82, 2.24) is 0 Å². The van der Waals surface area contributed by atoms with E-state index in [4.69, 9.17) is 14.2 Å². The Kier molecular flexibility index (Phi) is 9.73. The molecule has 214 valence electrons. The molecule has 0 unspecified atom stereocenters. The van der Waals surface area contributed by atoms with Gasteiger partial charge in [-0.1, -0.05) is 19.4 Å². The lowest BCUT2D eigenvalue weighted by Gasteiger charge is -2.17. The third kappa shape index (κ3) is 7.94. The number of aryl methyl sites for hydroxylation is 2. The first-order chi connectivity index (χ1) is 19.7. The number of rotatable bonds is 11. The summed E-state index contributed by atoms with van der Waals surface area (Å²) in [4.78, 5) is 51.1. The zero-order valence-electron chi connectivity index (χ0n) is 23.5. The molecule has 0 radical (unpaired) electrons. The molecule has 0 bridgehead atoms. The van der Waals surface area contributed by atoms with E-state index in [1.54, 1.807) is 48.5 Å². The Hall–Kier alpha value is -4.66. The molecule has 0 spiro atoms. The van der Waals surface area contributed by atoms with E-state index in [2.05, 4.69) is 5.32 Å². The number of carbonyl (C=O) groups excluding carboxylic acids is 4. The third-order valence-corrected chi connectivity index (χ3v) is 6.80. The van der Waals surface area contributed by atoms with Crippen molar-refractivity contribution in [3.8, 4) is 11.5 Å². The standard InChI is InChI=1S/C32H34N2O7/c1-4-5-16-39-31(37)23-7-9-25(10-8-23)33-29(35)20-40-32(38)24-18-30(36)34(19-24)26-11-14-27(15-12-26)41-28-13-6-21(2)22(3)17-28/h6-15,17,24H,4-5,16,18-20H2,1-3H3,(H,33,35)/t24-/m0/s1. The zero-order chi connectivity index (χ0) is 29.4. The number of hydrogen-bond acceptors (Lipinski definition) is 7. The number of unbranched alkanes of at least 4 members (excludes halogenated alkanes) is 1. The maximum Gasteiger partial charge on any atom is 0.338 e. The van der Waals surface area contributed by atoms with Gasteiger partial charge in [0.15, 0.2) is 6.61 Å². The lowest BCUT2D eigenvalue weighted by Crippen LogP contribution is -2.28. The highest BCUT2D eigenvalue weighted by atomic mass is 16.5. The summed E-state index contributed by atoms with van der Waals surface area (Å²) in [6.45, 7) is 6.09. The van der Waals surface area contributed by atoms with E-state index in [1.165, 1.54) is 10.5 Å². The number of anilines is 2. The number of amides is 2. The molecule has 4 rings (SSSR count). The molecule has 1 aliphatic rings. The van der Waals surface area contributed by atoms with Gasteiger partial charge in [-0.2, -0.15) is 0 Å². The maximum absolute atomic E-state index is 12.6. The molecule has 1 saturated heterocycles. The summed E-state index contributed by atoms with van der Waals surface area (Å²) in [6, 6.07) is 19.2. The van der Waals surface area contributed by atoms with Gasteiger partial charge in [-0.3, -0.25) is 14.4 Å². The minimum Gasteiger partial charge on any atom is -0.462 e. The van der Waals surface area contributed by atoms with E-state index in [1.807, 2.05) is 39.0 Å². The fraction of sp³-hybridized carbons (Fsp3) is 0.312. The van der Waals surface area contributed by atoms with Crippen LogP contribution in [0.3, 0.4) is 0 Å². The van der Waals surface area contributed by atoms with Gasteiger partial charge in [0, 0.05) is 24.3 Å². The van der Waals surface area contributed by atoms with Crippen LogP contribution < -0.4 is 15.0 Å². The van der Waals surface area contributed by atoms with Gasteiger partial charge in [0.1, 0.15) is 11.5 Å². The average Bonchev–Trinajstić information content (AvgIpc) is 3.36. The first kappa shape index (κ1) is 29.3. The Morgan fingerprint density at radius 1 is 0.902 bits per heavy atom. The van der Waals surface area contributed by atoms with Crippen LogP contribution in [0.2, 0.25) is 0 Å². The Bertz CT molecular complexity index is 1400. The first-order valence-corrected chi connectivity index (χ1v) is 13.6. The van der Waals surface area contributed by atoms with E-state index >= 15 is 0 Å². The molecule has 9 heteroatoms. The van der Waals surface area contributed by atoms with Crippen molar-refractivity contribution in [3.63, 3.8) is 0 Å². The number of carbonyl (C=O) groups is 4. The molecule has 1 N–H and O–H groups in total. The summed E-state index contributed by atoms with van der Waals surface area (Å²) >= 11 is 0. The van der Waals surface area contributed by atoms with Gasteiger partial charge in [-0.15, -0.1) is 0 Å². The molecule has 3 aromatic carbocycles. The molecule has 9 nitrogen and oxygen atoms in total. The fourth-order valence-corrected chi connectivity index (χ4v) is 4.26. The van der Waals surface area contributed by atoms with E-state index in [0.717, 1.165) is 24.2 Å². The number of esters is 2. The summed E-state index contributed by atoms with van der Waals surface area (Å²) in [7, 11) is 0. The summed E-state index contributed by atoms with van der Waals surface area (Å²) in [5.74, 6) is -1.09. The second-order valence-corrected chi connectivity index (χ2v) is 9.97. The zero-order valence-corrected chi connectivity index (χ0v) is 23.5. The molecule has 3 aromatic rings. The van der Waals surface area contributed by atoms with E-state index in [0.29, 0.717) is 29.3 Å². The van der Waals surface area contributed by atoms with Crippen molar-refractivity contribution in [3.05, 3.63) is 83.4 Å². The highest BCUT2D eigenvalue weighted by molar-refractivity contribution is 6.00. The normalized spacial score (nSPS) is 14.5. The number of benzene rings is 3. The van der Waals surface area contributed by atoms with Crippen LogP contribution in [-0.4, -0.2) is 43.5 Å². The van der Waals surface area contributed by atoms with Crippen molar-refractivity contribution in [2.75, 3.05) is 30.0 Å². The van der Waals surface area contributed by atoms with Gasteiger partial charge in [-0.05, 0) is 92.1 Å². The van der Waals surface area contributed by atoms with Crippen molar-refractivity contribution in [2.45, 2.75) is 40.0 Å². The van der Waals surface area contributed by atoms with E-state index in [-0.39, 0.29) is 18.9 Å². The van der Waals surface area contributed by atoms with Crippen molar-refractivity contribution >= 4 is 35.1 Å². The largest absolute Gasteiger partial charge is 0.462 e. The minimum atomic E-state index is -0.681. The summed E-state index contributed by atoms with van der Waals surface area (Å²) < 4.78 is 16.3. The van der Waals surface area contributed by atoms with Gasteiger partial charge in [0.2, 0.25) is 5.91 Å². The Labute approximate surface area is 239 Å². The maximum atomic E-state index is 12.6. The van der Waals surface area contributed by atoms with Crippen LogP contribution in [0, 0.1) is 19.8 Å². The molecule has 1 heterocycles. The molecule has 0 aromatic heterocycles. The number of nitrogens with one attached hydrogen (secondary N) is 1. The van der Waals surface area contributed by atoms with Gasteiger partial charge < -0.3 is 24.4 Å². The van der Waals surface area contributed by atoms with Gasteiger partial charge >= 0.3 is 11.9 Å². The second kappa shape index (κ2) is 13.6. The van der Waals surface area contributed by atoms with Crippen molar-refractivity contribution in [1.29, 1.82) is 0 Å². The topological polar surface area (TPSA) is 111 Å². The van der Waals surface area contributed by atoms with Crippen LogP contribution in [0.5, 0.6) is 11.5 Å². The van der Waals surface area contributed by atoms with Gasteiger partial charge in [0.25, 0.3) is 5.91 Å². The SMILES string of the molecule is CCCCOC(=O)c1ccc(NC(=O)COC(=O)[C@H]2CC(=O)N(c3ccc(Oc4ccc(C)c(C)c4)cc3)C2)cc1. The number of ether oxygens (including phenoxy) is 3. The van der Waals surface area contributed by atoms with Gasteiger partial charge in [-0.25, -0.2) is 4.79 Å². The second-order valence-electron chi connectivity index (χ2n) is 9.97. The number of hydrogen-bond donors (Lipinski definition) is 1. The van der Waals surface area contributed by atoms with E-state index < -0.39 is 30.4 Å². The fourth-order valence-electron chi connectivity index (χ4n) is 4.26. The molecular weight excluding hydrogens is 524 g/mol. The molecule has 41 heavy (non-hydrogen) atoms. The predicted molar refractivity (Wildman–Crippen MR) is 154 cm³/mol.